The van der Waals surface area contributed by atoms with Crippen LogP contribution < -0.4 is 9.64 Å². The van der Waals surface area contributed by atoms with Crippen LogP contribution in [0.1, 0.15) is 28.0 Å². The normalized spacial score (nSPS) is 17.2. The van der Waals surface area contributed by atoms with Crippen molar-refractivity contribution in [2.45, 2.75) is 26.0 Å². The van der Waals surface area contributed by atoms with Crippen LogP contribution in [0.4, 0.5) is 5.69 Å². The molecule has 1 fully saturated rings. The number of fused-ring (bicyclic) bond motifs is 1. The van der Waals surface area contributed by atoms with Gasteiger partial charge in [-0.15, -0.1) is 11.3 Å². The average Bonchev–Trinajstić information content (AvgIpc) is 3.52. The third-order valence-electron chi connectivity index (χ3n) is 6.26. The molecule has 0 aliphatic carbocycles. The van der Waals surface area contributed by atoms with Gasteiger partial charge < -0.3 is 19.4 Å². The van der Waals surface area contributed by atoms with Crippen LogP contribution in [0.15, 0.2) is 47.8 Å². The van der Waals surface area contributed by atoms with Crippen molar-refractivity contribution < 1.29 is 19.1 Å². The second-order valence-corrected chi connectivity index (χ2v) is 9.85. The predicted molar refractivity (Wildman–Crippen MR) is 134 cm³/mol. The fourth-order valence-corrected chi connectivity index (χ4v) is 5.10. The lowest BCUT2D eigenvalue weighted by molar-refractivity contribution is -0.129. The molecule has 9 heteroatoms. The fraction of sp³-hybridized carbons (Fsp3) is 0.308. The maximum absolute atomic E-state index is 13.1. The summed E-state index contributed by atoms with van der Waals surface area (Å²) in [6, 6.07) is 13.1. The van der Waals surface area contributed by atoms with E-state index in [-0.39, 0.29) is 24.3 Å². The molecule has 1 unspecified atom stereocenters. The van der Waals surface area contributed by atoms with Gasteiger partial charge in [0.15, 0.2) is 6.10 Å². The average molecular weight is 491 g/mol. The van der Waals surface area contributed by atoms with Crippen molar-refractivity contribution in [1.82, 2.24) is 14.8 Å². The first kappa shape index (κ1) is 23.0. The third kappa shape index (κ3) is 4.51. The van der Waals surface area contributed by atoms with E-state index in [2.05, 4.69) is 4.98 Å². The molecule has 3 heterocycles. The number of anilines is 1. The molecule has 0 saturated carbocycles. The van der Waals surface area contributed by atoms with Crippen molar-refractivity contribution in [2.24, 2.45) is 0 Å². The van der Waals surface area contributed by atoms with Gasteiger partial charge in [0.1, 0.15) is 17.3 Å². The Morgan fingerprint density at radius 2 is 1.94 bits per heavy atom. The summed E-state index contributed by atoms with van der Waals surface area (Å²) in [6.07, 6.45) is -0.0260. The highest BCUT2D eigenvalue weighted by Crippen LogP contribution is 2.31. The molecule has 2 aliphatic rings. The number of likely N-dealkylation sites (N-methyl/N-ethyl adjacent to an activating group) is 1. The van der Waals surface area contributed by atoms with E-state index in [4.69, 9.17) is 4.74 Å². The van der Waals surface area contributed by atoms with Gasteiger partial charge in [-0.25, -0.2) is 4.98 Å². The van der Waals surface area contributed by atoms with E-state index in [0.29, 0.717) is 36.5 Å². The second kappa shape index (κ2) is 9.14. The number of aromatic nitrogens is 1. The summed E-state index contributed by atoms with van der Waals surface area (Å²) in [5.74, 6) is 0.185. The van der Waals surface area contributed by atoms with Crippen LogP contribution in [0.2, 0.25) is 0 Å². The molecule has 3 amide bonds. The van der Waals surface area contributed by atoms with Gasteiger partial charge in [0.2, 0.25) is 5.91 Å². The van der Waals surface area contributed by atoms with Crippen LogP contribution in [0.25, 0.3) is 10.6 Å². The first-order valence-electron chi connectivity index (χ1n) is 11.4. The van der Waals surface area contributed by atoms with E-state index in [9.17, 15) is 14.4 Å². The van der Waals surface area contributed by atoms with Gasteiger partial charge in [0, 0.05) is 61.5 Å². The lowest BCUT2D eigenvalue weighted by Gasteiger charge is -2.18. The number of rotatable bonds is 6. The topological polar surface area (TPSA) is 83.0 Å². The van der Waals surface area contributed by atoms with Crippen molar-refractivity contribution in [3.63, 3.8) is 0 Å². The molecule has 2 aromatic carbocycles. The molecule has 35 heavy (non-hydrogen) atoms. The Labute approximate surface area is 207 Å². The molecule has 8 nitrogen and oxygen atoms in total. The van der Waals surface area contributed by atoms with E-state index >= 15 is 0 Å². The third-order valence-corrected chi connectivity index (χ3v) is 7.27. The number of hydrogen-bond acceptors (Lipinski definition) is 6. The molecule has 0 spiro atoms. The van der Waals surface area contributed by atoms with Gasteiger partial charge >= 0.3 is 0 Å². The summed E-state index contributed by atoms with van der Waals surface area (Å²) in [6.45, 7) is 2.91. The Hall–Kier alpha value is -3.72. The highest BCUT2D eigenvalue weighted by Gasteiger charge is 2.36. The number of benzene rings is 2. The number of aryl methyl sites for hydroxylation is 1. The van der Waals surface area contributed by atoms with Crippen molar-refractivity contribution in [3.05, 3.63) is 64.7 Å². The van der Waals surface area contributed by atoms with Gasteiger partial charge in [0.05, 0.1) is 0 Å². The van der Waals surface area contributed by atoms with Crippen LogP contribution in [0.5, 0.6) is 5.75 Å². The molecule has 5 rings (SSSR count). The van der Waals surface area contributed by atoms with Crippen LogP contribution in [0.3, 0.4) is 0 Å². The molecular weight excluding hydrogens is 464 g/mol. The lowest BCUT2D eigenvalue weighted by atomic mass is 10.1. The largest absolute Gasteiger partial charge is 0.481 e. The van der Waals surface area contributed by atoms with Gasteiger partial charge in [-0.2, -0.15) is 0 Å². The molecule has 1 aromatic heterocycles. The van der Waals surface area contributed by atoms with Gasteiger partial charge in [-0.05, 0) is 48.9 Å². The summed E-state index contributed by atoms with van der Waals surface area (Å²) in [5, 5.41) is 2.96. The molecule has 1 atom stereocenters. The number of carbonyl (C=O) groups excluding carboxylic acids is 3. The van der Waals surface area contributed by atoms with Crippen molar-refractivity contribution >= 4 is 34.7 Å². The number of hydrogen-bond donors (Lipinski definition) is 0. The van der Waals surface area contributed by atoms with E-state index in [1.807, 2.05) is 48.7 Å². The van der Waals surface area contributed by atoms with Crippen LogP contribution in [-0.4, -0.2) is 65.8 Å². The molecular formula is C26H26N4O4S. The zero-order valence-electron chi connectivity index (χ0n) is 19.9. The van der Waals surface area contributed by atoms with Crippen molar-refractivity contribution in [3.8, 4) is 16.3 Å². The number of carbonyl (C=O) groups is 3. The van der Waals surface area contributed by atoms with Crippen LogP contribution >= 0.6 is 11.3 Å². The van der Waals surface area contributed by atoms with Crippen LogP contribution in [0, 0.1) is 6.92 Å². The summed E-state index contributed by atoms with van der Waals surface area (Å²) in [4.78, 5) is 47.2. The fourth-order valence-electron chi connectivity index (χ4n) is 4.30. The Morgan fingerprint density at radius 3 is 2.63 bits per heavy atom. The summed E-state index contributed by atoms with van der Waals surface area (Å²) in [7, 11) is 3.34. The van der Waals surface area contributed by atoms with Gasteiger partial charge in [-0.3, -0.25) is 14.4 Å². The van der Waals surface area contributed by atoms with Crippen molar-refractivity contribution in [2.75, 3.05) is 32.1 Å². The number of ether oxygens (including phenoxy) is 1. The van der Waals surface area contributed by atoms with E-state index in [1.54, 1.807) is 36.4 Å². The van der Waals surface area contributed by atoms with E-state index in [0.717, 1.165) is 21.8 Å². The first-order chi connectivity index (χ1) is 16.8. The first-order valence-corrected chi connectivity index (χ1v) is 12.3. The number of thiazole rings is 1. The molecule has 0 radical (unpaired) electrons. The Kier molecular flexibility index (Phi) is 6.02. The maximum atomic E-state index is 13.1. The molecule has 0 bridgehead atoms. The molecule has 3 aromatic rings. The molecule has 0 N–H and O–H groups in total. The van der Waals surface area contributed by atoms with E-state index in [1.165, 1.54) is 9.80 Å². The zero-order chi connectivity index (χ0) is 24.7. The predicted octanol–water partition coefficient (Wildman–Crippen LogP) is 3.35. The SMILES string of the molecule is Cc1csc(-c2ccc(OC3CCN(c4ccc5c(c4)C(=O)N(CC(=O)N(C)C)C5)C3=O)cc2)n1. The van der Waals surface area contributed by atoms with Gasteiger partial charge in [-0.1, -0.05) is 6.07 Å². The minimum absolute atomic E-state index is 0.0371. The summed E-state index contributed by atoms with van der Waals surface area (Å²) >= 11 is 1.59. The summed E-state index contributed by atoms with van der Waals surface area (Å²) in [5.41, 5.74) is 4.08. The molecule has 2 aliphatic heterocycles. The number of amides is 3. The standard InChI is InChI=1S/C26H26N4O4S/c1-16-15-35-24(27-16)17-5-8-20(9-6-17)34-22-10-11-30(26(22)33)19-7-4-18-13-29(14-23(31)28(2)3)25(32)21(18)12-19/h4-9,12,15,22H,10-11,13-14H2,1-3H3. The monoisotopic (exact) mass is 490 g/mol. The highest BCUT2D eigenvalue weighted by atomic mass is 32.1. The Bertz CT molecular complexity index is 1300. The quantitative estimate of drug-likeness (QED) is 0.529. The molecule has 1 saturated heterocycles. The minimum Gasteiger partial charge on any atom is -0.481 e. The Balaban J connectivity index is 1.25. The smallest absolute Gasteiger partial charge is 0.268 e. The highest BCUT2D eigenvalue weighted by molar-refractivity contribution is 7.13. The minimum atomic E-state index is -0.582. The lowest BCUT2D eigenvalue weighted by Crippen LogP contribution is -2.36. The van der Waals surface area contributed by atoms with Crippen LogP contribution in [-0.2, 0) is 16.1 Å². The Morgan fingerprint density at radius 1 is 1.17 bits per heavy atom. The summed E-state index contributed by atoms with van der Waals surface area (Å²) < 4.78 is 6.01. The van der Waals surface area contributed by atoms with Crippen molar-refractivity contribution in [1.29, 1.82) is 0 Å². The van der Waals surface area contributed by atoms with Gasteiger partial charge in [0.25, 0.3) is 11.8 Å². The maximum Gasteiger partial charge on any atom is 0.268 e. The molecule has 180 valence electrons. The second-order valence-electron chi connectivity index (χ2n) is 8.99. The van der Waals surface area contributed by atoms with E-state index < -0.39 is 6.10 Å². The zero-order valence-corrected chi connectivity index (χ0v) is 20.7. The number of nitrogens with zero attached hydrogens (tertiary/aromatic N) is 4.